The first-order valence-electron chi connectivity index (χ1n) is 6.87. The van der Waals surface area contributed by atoms with Crippen molar-refractivity contribution in [2.24, 2.45) is 0 Å². The number of benzene rings is 2. The van der Waals surface area contributed by atoms with E-state index in [-0.39, 0.29) is 0 Å². The van der Waals surface area contributed by atoms with Crippen molar-refractivity contribution < 1.29 is 0 Å². The Hall–Kier alpha value is -2.73. The third-order valence-electron chi connectivity index (χ3n) is 3.55. The van der Waals surface area contributed by atoms with E-state index in [0.717, 1.165) is 22.4 Å². The zero-order valence-electron chi connectivity index (χ0n) is 12.2. The summed E-state index contributed by atoms with van der Waals surface area (Å²) in [5.74, 6) is 3.63. The Morgan fingerprint density at radius 3 is 2.48 bits per heavy atom. The average Bonchev–Trinajstić information content (AvgIpc) is 2.87. The number of hydrogen-bond donors (Lipinski definition) is 0. The van der Waals surface area contributed by atoms with E-state index in [1.807, 2.05) is 32.3 Å². The number of hydrogen-bond acceptors (Lipinski definition) is 2. The lowest BCUT2D eigenvalue weighted by Crippen LogP contribution is -2.08. The summed E-state index contributed by atoms with van der Waals surface area (Å²) in [7, 11) is 4.06. The average molecular weight is 275 g/mol. The van der Waals surface area contributed by atoms with E-state index < -0.39 is 0 Å². The maximum atomic E-state index is 5.52. The van der Waals surface area contributed by atoms with E-state index in [2.05, 4.69) is 45.7 Å². The molecule has 0 saturated heterocycles. The standard InChI is InChI=1S/C18H17N3/c1-4-13-21-17-8-6-5-7-16(17)19-18(21)14-9-11-15(12-10-14)20(2)3/h1,5-12H,13H2,2-3H3. The molecule has 104 valence electrons. The largest absolute Gasteiger partial charge is 0.378 e. The van der Waals surface area contributed by atoms with Crippen molar-refractivity contribution in [1.29, 1.82) is 0 Å². The molecule has 0 aliphatic heterocycles. The molecule has 3 nitrogen and oxygen atoms in total. The monoisotopic (exact) mass is 275 g/mol. The van der Waals surface area contributed by atoms with E-state index in [9.17, 15) is 0 Å². The van der Waals surface area contributed by atoms with Gasteiger partial charge in [-0.1, -0.05) is 18.1 Å². The van der Waals surface area contributed by atoms with E-state index in [0.29, 0.717) is 6.54 Å². The number of terminal acetylenes is 1. The third kappa shape index (κ3) is 2.36. The lowest BCUT2D eigenvalue weighted by Gasteiger charge is -2.13. The number of aromatic nitrogens is 2. The fourth-order valence-corrected chi connectivity index (χ4v) is 2.46. The van der Waals surface area contributed by atoms with Gasteiger partial charge in [-0.25, -0.2) is 4.98 Å². The summed E-state index contributed by atoms with van der Waals surface area (Å²) in [6, 6.07) is 16.4. The molecule has 0 aliphatic rings. The third-order valence-corrected chi connectivity index (χ3v) is 3.55. The fraction of sp³-hybridized carbons (Fsp3) is 0.167. The van der Waals surface area contributed by atoms with Gasteiger partial charge in [0.2, 0.25) is 0 Å². The van der Waals surface area contributed by atoms with Crippen molar-refractivity contribution in [3.05, 3.63) is 48.5 Å². The Kier molecular flexibility index (Phi) is 3.37. The molecule has 0 saturated carbocycles. The van der Waals surface area contributed by atoms with Crippen LogP contribution in [-0.2, 0) is 6.54 Å². The molecule has 1 heterocycles. The number of imidazole rings is 1. The summed E-state index contributed by atoms with van der Waals surface area (Å²) in [5.41, 5.74) is 4.28. The van der Waals surface area contributed by atoms with Gasteiger partial charge in [-0.05, 0) is 36.4 Å². The Bertz CT molecular complexity index is 805. The van der Waals surface area contributed by atoms with Gasteiger partial charge in [0.15, 0.2) is 0 Å². The zero-order chi connectivity index (χ0) is 14.8. The SMILES string of the molecule is C#CCn1c(-c2ccc(N(C)C)cc2)nc2ccccc21. The Balaban J connectivity index is 2.15. The Morgan fingerprint density at radius 2 is 1.81 bits per heavy atom. The van der Waals surface area contributed by atoms with Crippen LogP contribution in [0.1, 0.15) is 0 Å². The summed E-state index contributed by atoms with van der Waals surface area (Å²) < 4.78 is 2.08. The summed E-state index contributed by atoms with van der Waals surface area (Å²) in [6.07, 6.45) is 5.52. The molecular formula is C18H17N3. The highest BCUT2D eigenvalue weighted by atomic mass is 15.1. The predicted octanol–water partition coefficient (Wildman–Crippen LogP) is 3.40. The van der Waals surface area contributed by atoms with Crippen LogP contribution in [0.3, 0.4) is 0 Å². The highest BCUT2D eigenvalue weighted by Gasteiger charge is 2.11. The maximum absolute atomic E-state index is 5.52. The van der Waals surface area contributed by atoms with Crippen LogP contribution in [0.15, 0.2) is 48.5 Å². The summed E-state index contributed by atoms with van der Waals surface area (Å²) in [6.45, 7) is 0.519. The predicted molar refractivity (Wildman–Crippen MR) is 88.3 cm³/mol. The van der Waals surface area contributed by atoms with Crippen LogP contribution in [0.5, 0.6) is 0 Å². The number of fused-ring (bicyclic) bond motifs is 1. The van der Waals surface area contributed by atoms with Crippen molar-refractivity contribution in [2.45, 2.75) is 6.54 Å². The van der Waals surface area contributed by atoms with Gasteiger partial charge in [0, 0.05) is 25.3 Å². The normalized spacial score (nSPS) is 10.5. The molecule has 0 radical (unpaired) electrons. The molecule has 3 heteroatoms. The smallest absolute Gasteiger partial charge is 0.141 e. The van der Waals surface area contributed by atoms with Gasteiger partial charge >= 0.3 is 0 Å². The number of para-hydroxylation sites is 2. The molecule has 1 aromatic heterocycles. The molecule has 3 aromatic rings. The van der Waals surface area contributed by atoms with Crippen LogP contribution >= 0.6 is 0 Å². The number of anilines is 1. The molecule has 3 rings (SSSR count). The van der Waals surface area contributed by atoms with Crippen molar-refractivity contribution >= 4 is 16.7 Å². The number of rotatable bonds is 3. The van der Waals surface area contributed by atoms with Crippen LogP contribution in [0.2, 0.25) is 0 Å². The molecule has 0 unspecified atom stereocenters. The first-order chi connectivity index (χ1) is 10.2. The van der Waals surface area contributed by atoms with E-state index >= 15 is 0 Å². The summed E-state index contributed by atoms with van der Waals surface area (Å²) in [4.78, 5) is 6.81. The molecule has 0 fully saturated rings. The van der Waals surface area contributed by atoms with Crippen LogP contribution in [0.25, 0.3) is 22.4 Å². The van der Waals surface area contributed by atoms with E-state index in [1.54, 1.807) is 0 Å². The highest BCUT2D eigenvalue weighted by Crippen LogP contribution is 2.26. The molecule has 0 amide bonds. The lowest BCUT2D eigenvalue weighted by atomic mass is 10.2. The highest BCUT2D eigenvalue weighted by molar-refractivity contribution is 5.81. The quantitative estimate of drug-likeness (QED) is 0.683. The van der Waals surface area contributed by atoms with Crippen LogP contribution < -0.4 is 4.90 Å². The lowest BCUT2D eigenvalue weighted by molar-refractivity contribution is 0.882. The van der Waals surface area contributed by atoms with Gasteiger partial charge in [-0.3, -0.25) is 0 Å². The van der Waals surface area contributed by atoms with Gasteiger partial charge < -0.3 is 9.47 Å². The Morgan fingerprint density at radius 1 is 1.10 bits per heavy atom. The minimum absolute atomic E-state index is 0.519. The van der Waals surface area contributed by atoms with E-state index in [4.69, 9.17) is 11.4 Å². The first kappa shape index (κ1) is 13.3. The van der Waals surface area contributed by atoms with Gasteiger partial charge in [0.1, 0.15) is 5.82 Å². The van der Waals surface area contributed by atoms with E-state index in [1.165, 1.54) is 5.69 Å². The molecule has 0 N–H and O–H groups in total. The number of nitrogens with zero attached hydrogens (tertiary/aromatic N) is 3. The minimum Gasteiger partial charge on any atom is -0.378 e. The molecule has 2 aromatic carbocycles. The molecule has 0 aliphatic carbocycles. The van der Waals surface area contributed by atoms with Crippen molar-refractivity contribution in [3.8, 4) is 23.7 Å². The molecular weight excluding hydrogens is 258 g/mol. The zero-order valence-corrected chi connectivity index (χ0v) is 12.2. The topological polar surface area (TPSA) is 21.1 Å². The molecule has 21 heavy (non-hydrogen) atoms. The van der Waals surface area contributed by atoms with Crippen LogP contribution in [0, 0.1) is 12.3 Å². The van der Waals surface area contributed by atoms with Crippen LogP contribution in [-0.4, -0.2) is 23.6 Å². The Labute approximate surface area is 124 Å². The molecule has 0 bridgehead atoms. The van der Waals surface area contributed by atoms with Crippen LogP contribution in [0.4, 0.5) is 5.69 Å². The van der Waals surface area contributed by atoms with Gasteiger partial charge in [-0.2, -0.15) is 0 Å². The van der Waals surface area contributed by atoms with Crippen molar-refractivity contribution in [3.63, 3.8) is 0 Å². The van der Waals surface area contributed by atoms with Gasteiger partial charge in [0.25, 0.3) is 0 Å². The van der Waals surface area contributed by atoms with Crippen molar-refractivity contribution in [2.75, 3.05) is 19.0 Å². The first-order valence-corrected chi connectivity index (χ1v) is 6.87. The fourth-order valence-electron chi connectivity index (χ4n) is 2.46. The minimum atomic E-state index is 0.519. The second-order valence-electron chi connectivity index (χ2n) is 5.16. The van der Waals surface area contributed by atoms with Gasteiger partial charge in [0.05, 0.1) is 17.6 Å². The molecule has 0 spiro atoms. The van der Waals surface area contributed by atoms with Gasteiger partial charge in [-0.15, -0.1) is 6.42 Å². The second kappa shape index (κ2) is 5.34. The maximum Gasteiger partial charge on any atom is 0.141 e. The second-order valence-corrected chi connectivity index (χ2v) is 5.16. The summed E-state index contributed by atoms with van der Waals surface area (Å²) in [5, 5.41) is 0. The summed E-state index contributed by atoms with van der Waals surface area (Å²) >= 11 is 0. The van der Waals surface area contributed by atoms with Crippen molar-refractivity contribution in [1.82, 2.24) is 9.55 Å². The molecule has 0 atom stereocenters.